The fraction of sp³-hybridized carbons (Fsp3) is 0.200. The number of anilines is 1. The van der Waals surface area contributed by atoms with E-state index in [1.165, 1.54) is 6.07 Å². The van der Waals surface area contributed by atoms with E-state index in [9.17, 15) is 0 Å². The second-order valence-electron chi connectivity index (χ2n) is 1.73. The zero-order valence-corrected chi connectivity index (χ0v) is 5.84. The third kappa shape index (κ3) is 1.34. The van der Waals surface area contributed by atoms with Crippen molar-refractivity contribution in [1.82, 2.24) is 10.2 Å². The van der Waals surface area contributed by atoms with Crippen LogP contribution in [0.3, 0.4) is 0 Å². The number of rotatable bonds is 1. The number of hydrogen-bond acceptors (Lipinski definition) is 4. The summed E-state index contributed by atoms with van der Waals surface area (Å²) >= 11 is 5.55. The van der Waals surface area contributed by atoms with E-state index < -0.39 is 0 Å². The Bertz CT molecular complexity index is 240. The Hall–Kier alpha value is -0.870. The molecule has 0 aliphatic rings. The summed E-state index contributed by atoms with van der Waals surface area (Å²) in [5.74, 6) is 0.180. The first kappa shape index (κ1) is 7.24. The molecule has 0 fully saturated rings. The average molecular weight is 160 g/mol. The van der Waals surface area contributed by atoms with Gasteiger partial charge in [-0.1, -0.05) is 11.6 Å². The molecule has 0 radical (unpaired) electrons. The van der Waals surface area contributed by atoms with Crippen LogP contribution in [0.15, 0.2) is 6.07 Å². The van der Waals surface area contributed by atoms with Gasteiger partial charge >= 0.3 is 0 Å². The molecule has 3 N–H and O–H groups in total. The summed E-state index contributed by atoms with van der Waals surface area (Å²) in [5, 5.41) is 15.9. The normalized spacial score (nSPS) is 9.80. The van der Waals surface area contributed by atoms with Gasteiger partial charge in [0.25, 0.3) is 0 Å². The van der Waals surface area contributed by atoms with Crippen molar-refractivity contribution in [2.24, 2.45) is 0 Å². The first-order chi connectivity index (χ1) is 4.74. The summed E-state index contributed by atoms with van der Waals surface area (Å²) in [6, 6.07) is 1.48. The molecule has 0 aliphatic carbocycles. The van der Waals surface area contributed by atoms with Crippen LogP contribution in [-0.4, -0.2) is 15.3 Å². The van der Waals surface area contributed by atoms with Crippen molar-refractivity contribution in [3.63, 3.8) is 0 Å². The van der Waals surface area contributed by atoms with Crippen molar-refractivity contribution in [1.29, 1.82) is 0 Å². The third-order valence-electron chi connectivity index (χ3n) is 0.986. The predicted molar refractivity (Wildman–Crippen MR) is 37.4 cm³/mol. The lowest BCUT2D eigenvalue weighted by atomic mass is 10.4. The van der Waals surface area contributed by atoms with E-state index in [1.54, 1.807) is 0 Å². The Morgan fingerprint density at radius 3 is 2.80 bits per heavy atom. The maximum Gasteiger partial charge on any atom is 0.164 e. The molecule has 10 heavy (non-hydrogen) atoms. The first-order valence-electron chi connectivity index (χ1n) is 2.62. The van der Waals surface area contributed by atoms with Crippen LogP contribution in [0.2, 0.25) is 5.02 Å². The van der Waals surface area contributed by atoms with Gasteiger partial charge in [-0.15, -0.1) is 5.10 Å². The van der Waals surface area contributed by atoms with Crippen molar-refractivity contribution in [2.75, 3.05) is 5.73 Å². The maximum absolute atomic E-state index is 8.55. The standard InChI is InChI=1S/C5H6ClN3O/c6-4-1-3(2-10)8-9-5(4)7/h1,10H,2H2,(H2,7,9). The number of halogens is 1. The Morgan fingerprint density at radius 2 is 2.30 bits per heavy atom. The number of nitrogens with zero attached hydrogens (tertiary/aromatic N) is 2. The average Bonchev–Trinajstić information content (AvgIpc) is 1.95. The van der Waals surface area contributed by atoms with Gasteiger partial charge < -0.3 is 10.8 Å². The van der Waals surface area contributed by atoms with E-state index in [0.717, 1.165) is 0 Å². The number of nitrogen functional groups attached to an aromatic ring is 1. The monoisotopic (exact) mass is 159 g/mol. The lowest BCUT2D eigenvalue weighted by molar-refractivity contribution is 0.275. The summed E-state index contributed by atoms with van der Waals surface area (Å²) in [5.41, 5.74) is 5.67. The van der Waals surface area contributed by atoms with Crippen LogP contribution in [0.5, 0.6) is 0 Å². The van der Waals surface area contributed by atoms with Gasteiger partial charge in [-0.3, -0.25) is 0 Å². The fourth-order valence-corrected chi connectivity index (χ4v) is 0.656. The fourth-order valence-electron chi connectivity index (χ4n) is 0.492. The largest absolute Gasteiger partial charge is 0.390 e. The van der Waals surface area contributed by atoms with E-state index >= 15 is 0 Å². The van der Waals surface area contributed by atoms with Crippen LogP contribution in [0.4, 0.5) is 5.82 Å². The molecule has 4 nitrogen and oxygen atoms in total. The van der Waals surface area contributed by atoms with Gasteiger partial charge in [0.15, 0.2) is 5.82 Å². The van der Waals surface area contributed by atoms with E-state index in [1.807, 2.05) is 0 Å². The van der Waals surface area contributed by atoms with Gasteiger partial charge in [0.05, 0.1) is 17.3 Å². The summed E-state index contributed by atoms with van der Waals surface area (Å²) in [4.78, 5) is 0. The van der Waals surface area contributed by atoms with Gasteiger partial charge in [-0.25, -0.2) is 0 Å². The SMILES string of the molecule is Nc1nnc(CO)cc1Cl. The van der Waals surface area contributed by atoms with Gasteiger partial charge in [-0.2, -0.15) is 5.10 Å². The van der Waals surface area contributed by atoms with Gasteiger partial charge in [-0.05, 0) is 6.07 Å². The summed E-state index contributed by atoms with van der Waals surface area (Å²) in [7, 11) is 0. The molecule has 5 heteroatoms. The molecule has 1 aromatic rings. The molecular weight excluding hydrogens is 154 g/mol. The van der Waals surface area contributed by atoms with Crippen molar-refractivity contribution in [2.45, 2.75) is 6.61 Å². The Balaban J connectivity index is 3.04. The predicted octanol–water partition coefficient (Wildman–Crippen LogP) is 0.204. The van der Waals surface area contributed by atoms with Crippen LogP contribution in [0.25, 0.3) is 0 Å². The van der Waals surface area contributed by atoms with Gasteiger partial charge in [0, 0.05) is 0 Å². The van der Waals surface area contributed by atoms with Crippen molar-refractivity contribution in [3.8, 4) is 0 Å². The highest BCUT2D eigenvalue weighted by Gasteiger charge is 1.98. The summed E-state index contributed by atoms with van der Waals surface area (Å²) in [6.45, 7) is -0.174. The molecule has 1 aromatic heterocycles. The molecule has 54 valence electrons. The van der Waals surface area contributed by atoms with Gasteiger partial charge in [0.2, 0.25) is 0 Å². The lowest BCUT2D eigenvalue weighted by Crippen LogP contribution is -1.97. The summed E-state index contributed by atoms with van der Waals surface area (Å²) < 4.78 is 0. The first-order valence-corrected chi connectivity index (χ1v) is 3.00. The van der Waals surface area contributed by atoms with E-state index in [2.05, 4.69) is 10.2 Å². The second kappa shape index (κ2) is 2.81. The zero-order chi connectivity index (χ0) is 7.56. The number of aromatic nitrogens is 2. The van der Waals surface area contributed by atoms with Gasteiger partial charge in [0.1, 0.15) is 0 Å². The maximum atomic E-state index is 8.55. The molecule has 1 heterocycles. The smallest absolute Gasteiger partial charge is 0.164 e. The lowest BCUT2D eigenvalue weighted by Gasteiger charge is -1.96. The molecule has 1 rings (SSSR count). The Labute approximate surface area is 62.6 Å². The van der Waals surface area contributed by atoms with Crippen LogP contribution in [0, 0.1) is 0 Å². The molecule has 0 atom stereocenters. The van der Waals surface area contributed by atoms with E-state index in [-0.39, 0.29) is 12.4 Å². The number of aliphatic hydroxyl groups is 1. The number of aliphatic hydroxyl groups excluding tert-OH is 1. The highest BCUT2D eigenvalue weighted by atomic mass is 35.5. The highest BCUT2D eigenvalue weighted by molar-refractivity contribution is 6.32. The molecule has 0 aromatic carbocycles. The minimum absolute atomic E-state index is 0.174. The van der Waals surface area contributed by atoms with E-state index in [4.69, 9.17) is 22.4 Å². The Morgan fingerprint density at radius 1 is 1.60 bits per heavy atom. The second-order valence-corrected chi connectivity index (χ2v) is 2.13. The minimum atomic E-state index is -0.174. The number of hydrogen-bond donors (Lipinski definition) is 2. The van der Waals surface area contributed by atoms with E-state index in [0.29, 0.717) is 10.7 Å². The molecule has 0 bridgehead atoms. The van der Waals surface area contributed by atoms with Crippen molar-refractivity contribution >= 4 is 17.4 Å². The topological polar surface area (TPSA) is 72.0 Å². The van der Waals surface area contributed by atoms with Crippen LogP contribution in [-0.2, 0) is 6.61 Å². The molecular formula is C5H6ClN3O. The Kier molecular flexibility index (Phi) is 2.03. The molecule has 0 saturated heterocycles. The molecule has 0 unspecified atom stereocenters. The minimum Gasteiger partial charge on any atom is -0.390 e. The third-order valence-corrected chi connectivity index (χ3v) is 1.29. The zero-order valence-electron chi connectivity index (χ0n) is 5.08. The van der Waals surface area contributed by atoms with Crippen molar-refractivity contribution in [3.05, 3.63) is 16.8 Å². The van der Waals surface area contributed by atoms with Crippen LogP contribution < -0.4 is 5.73 Å². The van der Waals surface area contributed by atoms with Crippen LogP contribution in [0.1, 0.15) is 5.69 Å². The molecule has 0 saturated carbocycles. The quantitative estimate of drug-likeness (QED) is 0.614. The van der Waals surface area contributed by atoms with Crippen LogP contribution >= 0.6 is 11.6 Å². The molecule has 0 aliphatic heterocycles. The van der Waals surface area contributed by atoms with Crippen molar-refractivity contribution < 1.29 is 5.11 Å². The molecule has 0 amide bonds. The summed E-state index contributed by atoms with van der Waals surface area (Å²) in [6.07, 6.45) is 0. The number of nitrogens with two attached hydrogens (primary N) is 1. The highest BCUT2D eigenvalue weighted by Crippen LogP contribution is 2.14. The molecule has 0 spiro atoms.